The molecule has 3 fully saturated rings. The number of carbonyl (C=O) groups is 1. The molecule has 2 aliphatic carbocycles. The van der Waals surface area contributed by atoms with E-state index in [9.17, 15) is 18.0 Å². The maximum atomic E-state index is 13.4. The van der Waals surface area contributed by atoms with Crippen LogP contribution >= 0.6 is 0 Å². The summed E-state index contributed by atoms with van der Waals surface area (Å²) in [5.74, 6) is 1.61. The number of aromatic amines is 1. The summed E-state index contributed by atoms with van der Waals surface area (Å²) in [4.78, 5) is 17.5. The van der Waals surface area contributed by atoms with Crippen LogP contribution in [0.2, 0.25) is 0 Å². The molecule has 1 aromatic carbocycles. The summed E-state index contributed by atoms with van der Waals surface area (Å²) < 4.78 is 41.9. The molecule has 2 aromatic rings. The first-order chi connectivity index (χ1) is 15.3. The van der Waals surface area contributed by atoms with Crippen LogP contribution in [-0.4, -0.2) is 58.4 Å². The lowest BCUT2D eigenvalue weighted by Gasteiger charge is -2.25. The van der Waals surface area contributed by atoms with Gasteiger partial charge in [-0.15, -0.1) is 13.2 Å². The van der Waals surface area contributed by atoms with Crippen molar-refractivity contribution in [3.63, 3.8) is 0 Å². The van der Waals surface area contributed by atoms with Crippen molar-refractivity contribution in [3.05, 3.63) is 47.3 Å². The number of piperidine rings is 1. The Balaban J connectivity index is 1.32. The SMILES string of the molecule is CCN1CC2C(C1)C2CN(Cc1cccc(OC(F)(F)F)c1)C(=O)c1cc(C2CC2)n[nH]1. The number of H-pyrrole nitrogens is 1. The van der Waals surface area contributed by atoms with Gasteiger partial charge in [-0.05, 0) is 60.9 Å². The van der Waals surface area contributed by atoms with Crippen molar-refractivity contribution in [3.8, 4) is 5.75 Å². The summed E-state index contributed by atoms with van der Waals surface area (Å²) in [7, 11) is 0. The maximum Gasteiger partial charge on any atom is 0.573 e. The molecule has 5 rings (SSSR count). The molecule has 1 N–H and O–H groups in total. The van der Waals surface area contributed by atoms with Crippen LogP contribution in [0.4, 0.5) is 13.2 Å². The molecule has 0 bridgehead atoms. The van der Waals surface area contributed by atoms with Crippen LogP contribution in [0, 0.1) is 17.8 Å². The Morgan fingerprint density at radius 2 is 2.00 bits per heavy atom. The van der Waals surface area contributed by atoms with Crippen LogP contribution in [0.3, 0.4) is 0 Å². The fourth-order valence-corrected chi connectivity index (χ4v) is 5.01. The minimum atomic E-state index is -4.75. The molecule has 0 radical (unpaired) electrons. The molecule has 172 valence electrons. The van der Waals surface area contributed by atoms with Crippen LogP contribution < -0.4 is 4.74 Å². The second-order valence-electron chi connectivity index (χ2n) is 9.21. The number of rotatable bonds is 8. The lowest BCUT2D eigenvalue weighted by Crippen LogP contribution is -2.35. The quantitative estimate of drug-likeness (QED) is 0.663. The average Bonchev–Trinajstić information content (AvgIpc) is 3.57. The van der Waals surface area contributed by atoms with Gasteiger partial charge in [-0.1, -0.05) is 19.1 Å². The van der Waals surface area contributed by atoms with E-state index in [0.717, 1.165) is 38.2 Å². The molecule has 1 aliphatic heterocycles. The van der Waals surface area contributed by atoms with Crippen LogP contribution in [-0.2, 0) is 6.54 Å². The second-order valence-corrected chi connectivity index (χ2v) is 9.21. The van der Waals surface area contributed by atoms with Gasteiger partial charge in [-0.2, -0.15) is 5.10 Å². The van der Waals surface area contributed by atoms with E-state index >= 15 is 0 Å². The van der Waals surface area contributed by atoms with Gasteiger partial charge in [0.2, 0.25) is 0 Å². The zero-order valence-corrected chi connectivity index (χ0v) is 17.9. The molecule has 6 nitrogen and oxygen atoms in total. The molecule has 2 saturated carbocycles. The lowest BCUT2D eigenvalue weighted by atomic mass is 10.1. The molecule has 2 atom stereocenters. The van der Waals surface area contributed by atoms with E-state index in [2.05, 4.69) is 26.8 Å². The number of carbonyl (C=O) groups excluding carboxylic acids is 1. The number of likely N-dealkylation sites (tertiary alicyclic amines) is 1. The monoisotopic (exact) mass is 448 g/mol. The summed E-state index contributed by atoms with van der Waals surface area (Å²) >= 11 is 0. The minimum absolute atomic E-state index is 0.163. The standard InChI is InChI=1S/C23H27F3N4O2/c1-2-29-11-17-18(12-29)19(17)13-30(22(31)21-9-20(27-28-21)15-6-7-15)10-14-4-3-5-16(8-14)32-23(24,25)26/h3-5,8-9,15,17-19H,2,6-7,10-13H2,1H3,(H,27,28). The fraction of sp³-hybridized carbons (Fsp3) is 0.565. The van der Waals surface area contributed by atoms with E-state index in [0.29, 0.717) is 41.5 Å². The number of hydrogen-bond donors (Lipinski definition) is 1. The maximum absolute atomic E-state index is 13.4. The van der Waals surface area contributed by atoms with Gasteiger partial charge in [0.1, 0.15) is 11.4 Å². The molecule has 0 spiro atoms. The van der Waals surface area contributed by atoms with E-state index in [-0.39, 0.29) is 18.2 Å². The molecule has 2 unspecified atom stereocenters. The molecular weight excluding hydrogens is 421 g/mol. The largest absolute Gasteiger partial charge is 0.573 e. The Morgan fingerprint density at radius 1 is 1.25 bits per heavy atom. The molecule has 1 aromatic heterocycles. The van der Waals surface area contributed by atoms with Gasteiger partial charge in [0.15, 0.2) is 0 Å². The number of hydrogen-bond acceptors (Lipinski definition) is 4. The Morgan fingerprint density at radius 3 is 2.66 bits per heavy atom. The number of alkyl halides is 3. The van der Waals surface area contributed by atoms with Crippen molar-refractivity contribution in [2.45, 2.75) is 38.6 Å². The highest BCUT2D eigenvalue weighted by atomic mass is 19.4. The third kappa shape index (κ3) is 4.62. The summed E-state index contributed by atoms with van der Waals surface area (Å²) in [6.45, 7) is 6.11. The molecule has 3 aliphatic rings. The van der Waals surface area contributed by atoms with E-state index < -0.39 is 6.36 Å². The average molecular weight is 448 g/mol. The first kappa shape index (κ1) is 21.3. The number of amides is 1. The van der Waals surface area contributed by atoms with Crippen molar-refractivity contribution in [1.29, 1.82) is 0 Å². The molecular formula is C23H27F3N4O2. The third-order valence-electron chi connectivity index (χ3n) is 6.94. The summed E-state index contributed by atoms with van der Waals surface area (Å²) in [6, 6.07) is 7.68. The summed E-state index contributed by atoms with van der Waals surface area (Å²) in [5, 5.41) is 7.16. The minimum Gasteiger partial charge on any atom is -0.406 e. The molecule has 32 heavy (non-hydrogen) atoms. The number of aromatic nitrogens is 2. The van der Waals surface area contributed by atoms with Gasteiger partial charge < -0.3 is 14.5 Å². The molecule has 9 heteroatoms. The van der Waals surface area contributed by atoms with E-state index in [1.807, 2.05) is 6.07 Å². The van der Waals surface area contributed by atoms with Crippen molar-refractivity contribution in [2.75, 3.05) is 26.2 Å². The molecule has 1 amide bonds. The number of nitrogens with one attached hydrogen (secondary N) is 1. The Kier molecular flexibility index (Phi) is 5.39. The number of benzene rings is 1. The van der Waals surface area contributed by atoms with E-state index in [1.165, 1.54) is 18.2 Å². The fourth-order valence-electron chi connectivity index (χ4n) is 5.01. The van der Waals surface area contributed by atoms with Gasteiger partial charge in [0.25, 0.3) is 5.91 Å². The van der Waals surface area contributed by atoms with Crippen molar-refractivity contribution in [2.24, 2.45) is 17.8 Å². The predicted octanol–water partition coefficient (Wildman–Crippen LogP) is 4.03. The van der Waals surface area contributed by atoms with Crippen LogP contribution in [0.15, 0.2) is 30.3 Å². The summed E-state index contributed by atoms with van der Waals surface area (Å²) in [6.07, 6.45) is -2.57. The van der Waals surface area contributed by atoms with Crippen molar-refractivity contribution >= 4 is 5.91 Å². The van der Waals surface area contributed by atoms with Gasteiger partial charge >= 0.3 is 6.36 Å². The highest BCUT2D eigenvalue weighted by Gasteiger charge is 2.55. The van der Waals surface area contributed by atoms with Gasteiger partial charge in [0, 0.05) is 32.1 Å². The zero-order chi connectivity index (χ0) is 22.5. The Labute approximate surface area is 184 Å². The second kappa shape index (κ2) is 8.10. The smallest absolute Gasteiger partial charge is 0.406 e. The third-order valence-corrected chi connectivity index (χ3v) is 6.94. The van der Waals surface area contributed by atoms with Crippen LogP contribution in [0.5, 0.6) is 5.75 Å². The van der Waals surface area contributed by atoms with Gasteiger partial charge in [-0.25, -0.2) is 0 Å². The van der Waals surface area contributed by atoms with Crippen molar-refractivity contribution < 1.29 is 22.7 Å². The first-order valence-electron chi connectivity index (χ1n) is 11.2. The predicted molar refractivity (Wildman–Crippen MR) is 111 cm³/mol. The van der Waals surface area contributed by atoms with Crippen LogP contribution in [0.25, 0.3) is 0 Å². The highest BCUT2D eigenvalue weighted by molar-refractivity contribution is 5.92. The lowest BCUT2D eigenvalue weighted by molar-refractivity contribution is -0.274. The topological polar surface area (TPSA) is 61.5 Å². The number of ether oxygens (including phenoxy) is 1. The Bertz CT molecular complexity index is 976. The number of fused-ring (bicyclic) bond motifs is 1. The van der Waals surface area contributed by atoms with Crippen molar-refractivity contribution in [1.82, 2.24) is 20.0 Å². The summed E-state index contributed by atoms with van der Waals surface area (Å²) in [5.41, 5.74) is 1.95. The van der Waals surface area contributed by atoms with Crippen LogP contribution in [0.1, 0.15) is 47.4 Å². The highest BCUT2D eigenvalue weighted by Crippen LogP contribution is 2.52. The number of nitrogens with zero attached hydrogens (tertiary/aromatic N) is 3. The van der Waals surface area contributed by atoms with E-state index in [1.54, 1.807) is 11.0 Å². The van der Waals surface area contributed by atoms with E-state index in [4.69, 9.17) is 0 Å². The Hall–Kier alpha value is -2.55. The van der Waals surface area contributed by atoms with Gasteiger partial charge in [0.05, 0.1) is 5.69 Å². The van der Waals surface area contributed by atoms with Gasteiger partial charge in [-0.3, -0.25) is 9.89 Å². The molecule has 2 heterocycles. The number of halogens is 3. The zero-order valence-electron chi connectivity index (χ0n) is 17.9. The normalized spacial score (nSPS) is 24.9. The first-order valence-corrected chi connectivity index (χ1v) is 11.2. The molecule has 1 saturated heterocycles.